The van der Waals surface area contributed by atoms with Gasteiger partial charge in [-0.1, -0.05) is 17.7 Å². The molecule has 0 amide bonds. The van der Waals surface area contributed by atoms with E-state index in [0.29, 0.717) is 30.2 Å². The van der Waals surface area contributed by atoms with Gasteiger partial charge in [-0.25, -0.2) is 9.78 Å². The molecule has 0 atom stereocenters. The van der Waals surface area contributed by atoms with Crippen LogP contribution >= 0.6 is 11.6 Å². The van der Waals surface area contributed by atoms with Crippen molar-refractivity contribution in [2.24, 2.45) is 0 Å². The Balaban J connectivity index is 1.68. The van der Waals surface area contributed by atoms with E-state index in [0.717, 1.165) is 22.6 Å². The zero-order valence-electron chi connectivity index (χ0n) is 15.7. The number of halogens is 1. The van der Waals surface area contributed by atoms with Crippen LogP contribution in [0.5, 0.6) is 0 Å². The van der Waals surface area contributed by atoms with Crippen molar-refractivity contribution in [3.8, 4) is 0 Å². The summed E-state index contributed by atoms with van der Waals surface area (Å²) in [5.41, 5.74) is 3.41. The summed E-state index contributed by atoms with van der Waals surface area (Å²) in [4.78, 5) is 37.9. The summed E-state index contributed by atoms with van der Waals surface area (Å²) in [5, 5.41) is 10.1. The first-order valence-electron chi connectivity index (χ1n) is 9.26. The van der Waals surface area contributed by atoms with Crippen LogP contribution in [0.4, 0.5) is 5.69 Å². The van der Waals surface area contributed by atoms with E-state index in [2.05, 4.69) is 19.9 Å². The van der Waals surface area contributed by atoms with Crippen LogP contribution in [0, 0.1) is 0 Å². The smallest absolute Gasteiger partial charge is 0.341 e. The number of carboxylic acids is 1. The van der Waals surface area contributed by atoms with Crippen LogP contribution < -0.4 is 10.3 Å². The molecule has 150 valence electrons. The number of nitrogens with one attached hydrogen (secondary N) is 1. The fraction of sp³-hybridized carbons (Fsp3) is 0.143. The molecule has 0 radical (unpaired) electrons. The van der Waals surface area contributed by atoms with Gasteiger partial charge in [0.1, 0.15) is 5.56 Å². The second-order valence-corrected chi connectivity index (χ2v) is 7.58. The van der Waals surface area contributed by atoms with Crippen LogP contribution in [0.1, 0.15) is 27.3 Å². The molecule has 4 heterocycles. The van der Waals surface area contributed by atoms with E-state index in [9.17, 15) is 14.7 Å². The van der Waals surface area contributed by atoms with Crippen molar-refractivity contribution in [3.63, 3.8) is 0 Å². The highest BCUT2D eigenvalue weighted by Crippen LogP contribution is 2.35. The Morgan fingerprint density at radius 3 is 2.90 bits per heavy atom. The molecular weight excluding hydrogens is 406 g/mol. The summed E-state index contributed by atoms with van der Waals surface area (Å²) >= 11 is 6.55. The minimum atomic E-state index is -1.28. The molecule has 2 N–H and O–H groups in total. The molecule has 5 rings (SSSR count). The van der Waals surface area contributed by atoms with Crippen molar-refractivity contribution >= 4 is 34.2 Å². The van der Waals surface area contributed by atoms with E-state index in [1.165, 1.54) is 6.20 Å². The zero-order chi connectivity index (χ0) is 20.8. The number of hydrogen-bond donors (Lipinski definition) is 2. The molecule has 9 heteroatoms. The summed E-state index contributed by atoms with van der Waals surface area (Å²) in [6.45, 7) is 1.60. The van der Waals surface area contributed by atoms with Crippen molar-refractivity contribution in [2.75, 3.05) is 4.90 Å². The Bertz CT molecular complexity index is 1320. The first-order chi connectivity index (χ1) is 14.5. The van der Waals surface area contributed by atoms with Gasteiger partial charge in [0, 0.05) is 30.5 Å². The quantitative estimate of drug-likeness (QED) is 0.525. The highest BCUT2D eigenvalue weighted by molar-refractivity contribution is 6.34. The van der Waals surface area contributed by atoms with Crippen LogP contribution in [0.3, 0.4) is 0 Å². The number of aromatic amines is 1. The standard InChI is InChI=1S/C21H16ClN5O3/c22-16-4-14-18(5-19(16)26-7-12-2-1-3-24-17(12)10-26)27(8-13-6-23-11-25-13)9-15(20(14)28)21(29)30/h1-6,9,11H,7-8,10H2,(H,23,25)(H,29,30). The Kier molecular flexibility index (Phi) is 4.29. The lowest BCUT2D eigenvalue weighted by molar-refractivity contribution is 0.0695. The molecule has 0 bridgehead atoms. The van der Waals surface area contributed by atoms with E-state index < -0.39 is 11.4 Å². The largest absolute Gasteiger partial charge is 0.477 e. The minimum Gasteiger partial charge on any atom is -0.477 e. The molecule has 30 heavy (non-hydrogen) atoms. The normalized spacial score (nSPS) is 13.0. The van der Waals surface area contributed by atoms with Crippen LogP contribution in [0.15, 0.2) is 54.0 Å². The van der Waals surface area contributed by atoms with Gasteiger partial charge in [-0.2, -0.15) is 0 Å². The van der Waals surface area contributed by atoms with E-state index in [1.807, 2.05) is 18.2 Å². The van der Waals surface area contributed by atoms with Gasteiger partial charge in [0.25, 0.3) is 0 Å². The lowest BCUT2D eigenvalue weighted by atomic mass is 10.1. The number of aromatic carboxylic acids is 1. The Morgan fingerprint density at radius 2 is 2.17 bits per heavy atom. The van der Waals surface area contributed by atoms with Gasteiger partial charge in [0.05, 0.1) is 47.0 Å². The Hall–Kier alpha value is -3.65. The number of anilines is 1. The lowest BCUT2D eigenvalue weighted by Crippen LogP contribution is -2.21. The second kappa shape index (κ2) is 7.00. The SMILES string of the molecule is O=C(O)c1cn(Cc2cnc[nH]2)c2cc(N3Cc4cccnc4C3)c(Cl)cc2c1=O. The van der Waals surface area contributed by atoms with Crippen molar-refractivity contribution in [2.45, 2.75) is 19.6 Å². The molecule has 0 unspecified atom stereocenters. The summed E-state index contributed by atoms with van der Waals surface area (Å²) in [6, 6.07) is 7.33. The monoisotopic (exact) mass is 421 g/mol. The summed E-state index contributed by atoms with van der Waals surface area (Å²) in [6.07, 6.45) is 6.34. The number of rotatable bonds is 4. The summed E-state index contributed by atoms with van der Waals surface area (Å²) in [5.74, 6) is -1.28. The van der Waals surface area contributed by atoms with Gasteiger partial charge in [0.2, 0.25) is 5.43 Å². The van der Waals surface area contributed by atoms with Crippen LogP contribution in [-0.2, 0) is 19.6 Å². The molecule has 8 nitrogen and oxygen atoms in total. The molecule has 0 fully saturated rings. The van der Waals surface area contributed by atoms with Crippen molar-refractivity contribution < 1.29 is 9.90 Å². The average molecular weight is 422 g/mol. The maximum Gasteiger partial charge on any atom is 0.341 e. The van der Waals surface area contributed by atoms with Gasteiger partial charge < -0.3 is 19.6 Å². The average Bonchev–Trinajstić information content (AvgIpc) is 3.39. The third-order valence-corrected chi connectivity index (χ3v) is 5.60. The Labute approximate surface area is 175 Å². The van der Waals surface area contributed by atoms with Crippen LogP contribution in [0.25, 0.3) is 10.9 Å². The third-order valence-electron chi connectivity index (χ3n) is 5.30. The highest BCUT2D eigenvalue weighted by atomic mass is 35.5. The maximum atomic E-state index is 12.8. The summed E-state index contributed by atoms with van der Waals surface area (Å²) in [7, 11) is 0. The number of imidazole rings is 1. The molecule has 0 saturated carbocycles. The molecule has 4 aromatic rings. The van der Waals surface area contributed by atoms with E-state index in [1.54, 1.807) is 29.4 Å². The van der Waals surface area contributed by atoms with Crippen molar-refractivity contribution in [1.29, 1.82) is 0 Å². The molecule has 0 aliphatic carbocycles. The minimum absolute atomic E-state index is 0.262. The number of carboxylic acid groups (broad SMARTS) is 1. The molecule has 3 aromatic heterocycles. The fourth-order valence-corrected chi connectivity index (χ4v) is 4.13. The van der Waals surface area contributed by atoms with Crippen LogP contribution in [-0.4, -0.2) is 30.6 Å². The first kappa shape index (κ1) is 18.4. The van der Waals surface area contributed by atoms with E-state index >= 15 is 0 Å². The molecule has 1 aliphatic heterocycles. The third kappa shape index (κ3) is 3.02. The molecular formula is C21H16ClN5O3. The zero-order valence-corrected chi connectivity index (χ0v) is 16.4. The number of carbonyl (C=O) groups is 1. The predicted octanol–water partition coefficient (Wildman–Crippen LogP) is 3.04. The molecule has 1 aromatic carbocycles. The maximum absolute atomic E-state index is 12.8. The van der Waals surface area contributed by atoms with Gasteiger partial charge in [0.15, 0.2) is 0 Å². The fourth-order valence-electron chi connectivity index (χ4n) is 3.85. The van der Waals surface area contributed by atoms with Crippen molar-refractivity contribution in [3.05, 3.63) is 86.9 Å². The highest BCUT2D eigenvalue weighted by Gasteiger charge is 2.24. The number of H-pyrrole nitrogens is 1. The van der Waals surface area contributed by atoms with E-state index in [-0.39, 0.29) is 10.9 Å². The number of hydrogen-bond acceptors (Lipinski definition) is 5. The topological polar surface area (TPSA) is 104 Å². The second-order valence-electron chi connectivity index (χ2n) is 7.17. The number of nitrogens with zero attached hydrogens (tertiary/aromatic N) is 4. The van der Waals surface area contributed by atoms with Gasteiger partial charge in [-0.3, -0.25) is 9.78 Å². The van der Waals surface area contributed by atoms with E-state index in [4.69, 9.17) is 11.6 Å². The lowest BCUT2D eigenvalue weighted by Gasteiger charge is -2.21. The number of fused-ring (bicyclic) bond motifs is 2. The van der Waals surface area contributed by atoms with Gasteiger partial charge in [-0.15, -0.1) is 0 Å². The number of pyridine rings is 2. The van der Waals surface area contributed by atoms with Gasteiger partial charge in [-0.05, 0) is 23.8 Å². The van der Waals surface area contributed by atoms with Crippen LogP contribution in [0.2, 0.25) is 5.02 Å². The number of benzene rings is 1. The first-order valence-corrected chi connectivity index (χ1v) is 9.64. The van der Waals surface area contributed by atoms with Crippen molar-refractivity contribution in [1.82, 2.24) is 19.5 Å². The van der Waals surface area contributed by atoms with Gasteiger partial charge >= 0.3 is 5.97 Å². The number of aromatic nitrogens is 4. The molecule has 0 spiro atoms. The molecule has 1 aliphatic rings. The predicted molar refractivity (Wildman–Crippen MR) is 112 cm³/mol. The summed E-state index contributed by atoms with van der Waals surface area (Å²) < 4.78 is 1.73. The molecule has 0 saturated heterocycles. The Morgan fingerprint density at radius 1 is 1.30 bits per heavy atom.